The van der Waals surface area contributed by atoms with E-state index in [2.05, 4.69) is 24.5 Å². The van der Waals surface area contributed by atoms with Gasteiger partial charge in [0.1, 0.15) is 11.6 Å². The van der Waals surface area contributed by atoms with Crippen LogP contribution >= 0.6 is 0 Å². The highest BCUT2D eigenvalue weighted by atomic mass is 19.1. The third-order valence-corrected chi connectivity index (χ3v) is 7.01. The Bertz CT molecular complexity index is 1340. The van der Waals surface area contributed by atoms with Crippen LogP contribution in [-0.4, -0.2) is 29.7 Å². The second-order valence-corrected chi connectivity index (χ2v) is 10.6. The maximum atomic E-state index is 16.2. The van der Waals surface area contributed by atoms with Gasteiger partial charge in [0, 0.05) is 18.3 Å². The van der Waals surface area contributed by atoms with Gasteiger partial charge in [-0.05, 0) is 79.3 Å². The van der Waals surface area contributed by atoms with Crippen LogP contribution in [0.2, 0.25) is 0 Å². The third kappa shape index (κ3) is 6.93. The second-order valence-electron chi connectivity index (χ2n) is 10.6. The lowest BCUT2D eigenvalue weighted by molar-refractivity contribution is 0.0697. The highest BCUT2D eigenvalue weighted by Crippen LogP contribution is 2.39. The molecule has 3 N–H and O–H groups in total. The lowest BCUT2D eigenvalue weighted by Crippen LogP contribution is -2.40. The topological polar surface area (TPSA) is 81.7 Å². The fourth-order valence-corrected chi connectivity index (χ4v) is 5.21. The summed E-state index contributed by atoms with van der Waals surface area (Å²) in [5.74, 6) is -2.29. The monoisotopic (exact) mass is 535 g/mol. The zero-order valence-electron chi connectivity index (χ0n) is 22.6. The van der Waals surface area contributed by atoms with Gasteiger partial charge < -0.3 is 20.6 Å². The number of nitrogens with zero attached hydrogens (tertiary/aromatic N) is 1. The number of halogens is 2. The number of carbonyl (C=O) groups excluding carboxylic acids is 1. The van der Waals surface area contributed by atoms with Gasteiger partial charge in [0.2, 0.25) is 0 Å². The van der Waals surface area contributed by atoms with Crippen LogP contribution < -0.4 is 15.5 Å². The lowest BCUT2D eigenvalue weighted by atomic mass is 9.92. The molecule has 1 saturated carbocycles. The Morgan fingerprint density at radius 1 is 0.974 bits per heavy atom. The molecule has 0 heterocycles. The number of anilines is 3. The first-order valence-corrected chi connectivity index (χ1v) is 13.4. The first-order chi connectivity index (χ1) is 18.6. The summed E-state index contributed by atoms with van der Waals surface area (Å²) in [5, 5.41) is 15.3. The molecule has 6 nitrogen and oxygen atoms in total. The van der Waals surface area contributed by atoms with Gasteiger partial charge in [0.25, 0.3) is 0 Å². The molecule has 206 valence electrons. The van der Waals surface area contributed by atoms with E-state index in [1.54, 1.807) is 12.1 Å². The second kappa shape index (κ2) is 12.3. The molecule has 3 aromatic carbocycles. The highest BCUT2D eigenvalue weighted by molar-refractivity contribution is 6.03. The molecule has 0 aliphatic heterocycles. The summed E-state index contributed by atoms with van der Waals surface area (Å²) in [5.41, 5.74) is 2.09. The number of carboxylic acids is 1. The Morgan fingerprint density at radius 2 is 1.67 bits per heavy atom. The normalized spacial score (nSPS) is 13.8. The standard InChI is InChI=1S/C31H35F2N3O3/c1-19(2)18-36(24-7-5-4-6-8-24)29-27(33)15-21(26-17-22(32)11-14-25(26)30(37)38)16-28(29)35-31(39)34-23-12-9-20(3)10-13-23/h9-17,19,24H,4-8,18H2,1-3H3,(H,37,38)(H2,34,35,39). The van der Waals surface area contributed by atoms with Crippen molar-refractivity contribution < 1.29 is 23.5 Å². The summed E-state index contributed by atoms with van der Waals surface area (Å²) >= 11 is 0. The van der Waals surface area contributed by atoms with Crippen molar-refractivity contribution in [3.63, 3.8) is 0 Å². The summed E-state index contributed by atoms with van der Waals surface area (Å²) in [4.78, 5) is 27.0. The van der Waals surface area contributed by atoms with Crippen LogP contribution in [0.3, 0.4) is 0 Å². The van der Waals surface area contributed by atoms with Crippen LogP contribution in [0.4, 0.5) is 30.6 Å². The largest absolute Gasteiger partial charge is 0.478 e. The first-order valence-electron chi connectivity index (χ1n) is 13.4. The zero-order valence-corrected chi connectivity index (χ0v) is 22.6. The average molecular weight is 536 g/mol. The number of nitrogens with one attached hydrogen (secondary N) is 2. The van der Waals surface area contributed by atoms with Gasteiger partial charge in [-0.25, -0.2) is 18.4 Å². The predicted octanol–water partition coefficient (Wildman–Crippen LogP) is 8.08. The molecule has 3 aromatic rings. The van der Waals surface area contributed by atoms with Gasteiger partial charge in [0.05, 0.1) is 16.9 Å². The van der Waals surface area contributed by atoms with Crippen molar-refractivity contribution in [2.24, 2.45) is 5.92 Å². The molecular formula is C31H35F2N3O3. The van der Waals surface area contributed by atoms with Crippen molar-refractivity contribution in [2.45, 2.75) is 58.9 Å². The van der Waals surface area contributed by atoms with E-state index < -0.39 is 23.6 Å². The summed E-state index contributed by atoms with van der Waals surface area (Å²) < 4.78 is 30.3. The molecule has 0 radical (unpaired) electrons. The fraction of sp³-hybridized carbons (Fsp3) is 0.355. The van der Waals surface area contributed by atoms with Crippen molar-refractivity contribution in [3.05, 3.63) is 77.4 Å². The van der Waals surface area contributed by atoms with Gasteiger partial charge >= 0.3 is 12.0 Å². The Labute approximate surface area is 228 Å². The number of carboxylic acid groups (broad SMARTS) is 1. The van der Waals surface area contributed by atoms with E-state index in [9.17, 15) is 19.1 Å². The Hall–Kier alpha value is -3.94. The number of hydrogen-bond donors (Lipinski definition) is 3. The molecule has 1 fully saturated rings. The van der Waals surface area contributed by atoms with Crippen LogP contribution in [0.1, 0.15) is 61.9 Å². The molecule has 8 heteroatoms. The summed E-state index contributed by atoms with van der Waals surface area (Å²) in [6.45, 7) is 6.64. The van der Waals surface area contributed by atoms with Crippen LogP contribution in [-0.2, 0) is 0 Å². The smallest absolute Gasteiger partial charge is 0.336 e. The fourth-order valence-electron chi connectivity index (χ4n) is 5.21. The van der Waals surface area contributed by atoms with E-state index >= 15 is 4.39 Å². The van der Waals surface area contributed by atoms with Crippen molar-refractivity contribution in [1.82, 2.24) is 0 Å². The van der Waals surface area contributed by atoms with E-state index in [0.29, 0.717) is 12.2 Å². The van der Waals surface area contributed by atoms with Crippen LogP contribution in [0, 0.1) is 24.5 Å². The molecule has 4 rings (SSSR count). The van der Waals surface area contributed by atoms with E-state index in [4.69, 9.17) is 0 Å². The van der Waals surface area contributed by atoms with Crippen LogP contribution in [0.25, 0.3) is 11.1 Å². The summed E-state index contributed by atoms with van der Waals surface area (Å²) in [6, 6.07) is 12.9. The predicted molar refractivity (Wildman–Crippen MR) is 152 cm³/mol. The van der Waals surface area contributed by atoms with Gasteiger partial charge in [-0.2, -0.15) is 0 Å². The van der Waals surface area contributed by atoms with E-state index in [-0.39, 0.29) is 40.0 Å². The average Bonchev–Trinajstić information content (AvgIpc) is 2.89. The zero-order chi connectivity index (χ0) is 28.1. The van der Waals surface area contributed by atoms with Crippen molar-refractivity contribution in [1.29, 1.82) is 0 Å². The van der Waals surface area contributed by atoms with Crippen molar-refractivity contribution in [3.8, 4) is 11.1 Å². The maximum absolute atomic E-state index is 16.2. The van der Waals surface area contributed by atoms with Crippen LogP contribution in [0.5, 0.6) is 0 Å². The summed E-state index contributed by atoms with van der Waals surface area (Å²) in [6.07, 6.45) is 5.04. The lowest BCUT2D eigenvalue weighted by Gasteiger charge is -2.38. The van der Waals surface area contributed by atoms with E-state index in [1.165, 1.54) is 12.1 Å². The summed E-state index contributed by atoms with van der Waals surface area (Å²) in [7, 11) is 0. The number of urea groups is 1. The molecular weight excluding hydrogens is 500 g/mol. The minimum absolute atomic E-state index is 0.0306. The molecule has 0 aromatic heterocycles. The van der Waals surface area contributed by atoms with Gasteiger partial charge in [-0.1, -0.05) is 50.8 Å². The number of carbonyl (C=O) groups is 2. The van der Waals surface area contributed by atoms with E-state index in [0.717, 1.165) is 55.9 Å². The van der Waals surface area contributed by atoms with Gasteiger partial charge in [-0.15, -0.1) is 0 Å². The molecule has 0 bridgehead atoms. The number of rotatable bonds is 8. The highest BCUT2D eigenvalue weighted by Gasteiger charge is 2.28. The van der Waals surface area contributed by atoms with Crippen molar-refractivity contribution >= 4 is 29.1 Å². The molecule has 0 spiro atoms. The molecule has 39 heavy (non-hydrogen) atoms. The minimum atomic E-state index is -1.26. The quantitative estimate of drug-likeness (QED) is 0.272. The molecule has 1 aliphatic carbocycles. The Morgan fingerprint density at radius 3 is 2.31 bits per heavy atom. The minimum Gasteiger partial charge on any atom is -0.478 e. The maximum Gasteiger partial charge on any atom is 0.336 e. The van der Waals surface area contributed by atoms with E-state index in [1.807, 2.05) is 24.0 Å². The Kier molecular flexibility index (Phi) is 8.84. The number of aryl methyl sites for hydroxylation is 1. The molecule has 0 saturated heterocycles. The molecule has 0 unspecified atom stereocenters. The molecule has 0 atom stereocenters. The number of hydrogen-bond acceptors (Lipinski definition) is 3. The van der Waals surface area contributed by atoms with Crippen LogP contribution in [0.15, 0.2) is 54.6 Å². The first kappa shape index (κ1) is 28.1. The molecule has 1 aliphatic rings. The van der Waals surface area contributed by atoms with Gasteiger partial charge in [-0.3, -0.25) is 0 Å². The van der Waals surface area contributed by atoms with Gasteiger partial charge in [0.15, 0.2) is 0 Å². The number of benzene rings is 3. The van der Waals surface area contributed by atoms with Crippen molar-refractivity contribution in [2.75, 3.05) is 22.1 Å². The SMILES string of the molecule is Cc1ccc(NC(=O)Nc2cc(-c3cc(F)ccc3C(=O)O)cc(F)c2N(CC(C)C)C2CCCCC2)cc1. The Balaban J connectivity index is 1.82. The third-order valence-electron chi connectivity index (χ3n) is 7.01. The number of aromatic carboxylic acids is 1. The molecule has 2 amide bonds. The number of amides is 2.